The topological polar surface area (TPSA) is 43.4 Å². The first-order valence-electron chi connectivity index (χ1n) is 4.41. The van der Waals surface area contributed by atoms with Crippen molar-refractivity contribution >= 4 is 35.1 Å². The predicted molar refractivity (Wildman–Crippen MR) is 57.7 cm³/mol. The number of hydrogen-bond acceptors (Lipinski definition) is 3. The van der Waals surface area contributed by atoms with E-state index in [-0.39, 0.29) is 5.88 Å². The van der Waals surface area contributed by atoms with Gasteiger partial charge in [-0.25, -0.2) is 0 Å². The standard InChI is InChI=1S/C5H11Cl.C4H5ClO3/c1-2-3-4-5-6;1-3(6)8-4(7)2-5/h2-5H2,1H3;2H2,1H3. The molecule has 0 aromatic heterocycles. The van der Waals surface area contributed by atoms with Crippen LogP contribution in [0, 0.1) is 0 Å². The number of carbonyl (C=O) groups is 2. The van der Waals surface area contributed by atoms with Crippen LogP contribution in [0.3, 0.4) is 0 Å². The average molecular weight is 243 g/mol. The molecule has 0 aliphatic heterocycles. The third-order valence-electron chi connectivity index (χ3n) is 1.10. The molecule has 0 bridgehead atoms. The Bertz CT molecular complexity index is 156. The van der Waals surface area contributed by atoms with Crippen molar-refractivity contribution < 1.29 is 14.3 Å². The van der Waals surface area contributed by atoms with Crippen LogP contribution in [-0.2, 0) is 14.3 Å². The minimum absolute atomic E-state index is 0.278. The van der Waals surface area contributed by atoms with Crippen molar-refractivity contribution in [2.24, 2.45) is 0 Å². The van der Waals surface area contributed by atoms with Crippen molar-refractivity contribution in [2.45, 2.75) is 33.1 Å². The largest absolute Gasteiger partial charge is 0.392 e. The highest BCUT2D eigenvalue weighted by atomic mass is 35.5. The van der Waals surface area contributed by atoms with Crippen molar-refractivity contribution in [1.29, 1.82) is 0 Å². The van der Waals surface area contributed by atoms with E-state index in [0.717, 1.165) is 12.8 Å². The van der Waals surface area contributed by atoms with Gasteiger partial charge >= 0.3 is 11.9 Å². The zero-order valence-corrected chi connectivity index (χ0v) is 10.0. The summed E-state index contributed by atoms with van der Waals surface area (Å²) in [5.74, 6) is -0.789. The molecule has 0 fully saturated rings. The molecule has 0 amide bonds. The molecule has 5 heteroatoms. The number of alkyl halides is 2. The smallest absolute Gasteiger partial charge is 0.328 e. The zero-order valence-electron chi connectivity index (χ0n) is 8.52. The van der Waals surface area contributed by atoms with Gasteiger partial charge in [0.25, 0.3) is 0 Å². The lowest BCUT2D eigenvalue weighted by molar-refractivity contribution is -0.156. The summed E-state index contributed by atoms with van der Waals surface area (Å²) in [5, 5.41) is 0. The van der Waals surface area contributed by atoms with Crippen LogP contribution in [0.15, 0.2) is 0 Å². The predicted octanol–water partition coefficient (Wildman–Crippen LogP) is 2.73. The number of hydrogen-bond donors (Lipinski definition) is 0. The summed E-state index contributed by atoms with van der Waals surface area (Å²) in [7, 11) is 0. The minimum atomic E-state index is -0.709. The molecule has 0 saturated heterocycles. The van der Waals surface area contributed by atoms with Gasteiger partial charge in [0.15, 0.2) is 0 Å². The van der Waals surface area contributed by atoms with Gasteiger partial charge in [-0.3, -0.25) is 9.59 Å². The molecule has 0 aliphatic carbocycles. The zero-order chi connectivity index (χ0) is 11.4. The molecule has 0 aromatic carbocycles. The average Bonchev–Trinajstić information content (AvgIpc) is 2.14. The Morgan fingerprint density at radius 3 is 1.93 bits per heavy atom. The quantitative estimate of drug-likeness (QED) is 0.330. The van der Waals surface area contributed by atoms with Gasteiger partial charge in [-0.1, -0.05) is 19.8 Å². The molecule has 84 valence electrons. The molecule has 3 nitrogen and oxygen atoms in total. The van der Waals surface area contributed by atoms with E-state index in [1.165, 1.54) is 19.3 Å². The Hall–Kier alpha value is -0.280. The van der Waals surface area contributed by atoms with Gasteiger partial charge in [0.1, 0.15) is 5.88 Å². The van der Waals surface area contributed by atoms with Crippen LogP contribution in [-0.4, -0.2) is 23.7 Å². The second-order valence-corrected chi connectivity index (χ2v) is 3.14. The summed E-state index contributed by atoms with van der Waals surface area (Å²) in [6, 6.07) is 0. The van der Waals surface area contributed by atoms with Gasteiger partial charge in [-0.15, -0.1) is 23.2 Å². The Morgan fingerprint density at radius 1 is 1.21 bits per heavy atom. The molecule has 14 heavy (non-hydrogen) atoms. The third kappa shape index (κ3) is 17.7. The first-order chi connectivity index (χ1) is 6.58. The van der Waals surface area contributed by atoms with Crippen molar-refractivity contribution in [3.05, 3.63) is 0 Å². The van der Waals surface area contributed by atoms with E-state index in [9.17, 15) is 9.59 Å². The Kier molecular flexibility index (Phi) is 14.7. The van der Waals surface area contributed by atoms with Gasteiger partial charge in [0.05, 0.1) is 0 Å². The molecule has 0 saturated carbocycles. The number of rotatable bonds is 4. The maximum absolute atomic E-state index is 10.0. The van der Waals surface area contributed by atoms with Gasteiger partial charge < -0.3 is 4.74 Å². The summed E-state index contributed by atoms with van der Waals surface area (Å²) in [6.07, 6.45) is 3.73. The van der Waals surface area contributed by atoms with Crippen LogP contribution < -0.4 is 0 Å². The lowest BCUT2D eigenvalue weighted by atomic mass is 10.3. The van der Waals surface area contributed by atoms with Gasteiger partial charge in [0.2, 0.25) is 0 Å². The van der Waals surface area contributed by atoms with Crippen LogP contribution >= 0.6 is 23.2 Å². The van der Waals surface area contributed by atoms with E-state index < -0.39 is 11.9 Å². The Balaban J connectivity index is 0. The van der Waals surface area contributed by atoms with Crippen molar-refractivity contribution in [3.63, 3.8) is 0 Å². The van der Waals surface area contributed by atoms with Crippen LogP contribution in [0.1, 0.15) is 33.1 Å². The highest BCUT2D eigenvalue weighted by Crippen LogP contribution is 1.93. The number of unbranched alkanes of at least 4 members (excludes halogenated alkanes) is 2. The maximum atomic E-state index is 10.0. The second-order valence-electron chi connectivity index (χ2n) is 2.50. The molecule has 0 atom stereocenters. The van der Waals surface area contributed by atoms with E-state index in [1.807, 2.05) is 0 Å². The summed E-state index contributed by atoms with van der Waals surface area (Å²) in [5.41, 5.74) is 0. The molecule has 0 unspecified atom stereocenters. The van der Waals surface area contributed by atoms with Crippen LogP contribution in [0.2, 0.25) is 0 Å². The van der Waals surface area contributed by atoms with E-state index in [1.54, 1.807) is 0 Å². The minimum Gasteiger partial charge on any atom is -0.392 e. The molecular weight excluding hydrogens is 227 g/mol. The molecule has 0 aromatic rings. The summed E-state index contributed by atoms with van der Waals surface area (Å²) in [4.78, 5) is 20.0. The fraction of sp³-hybridized carbons (Fsp3) is 0.778. The number of ether oxygens (including phenoxy) is 1. The summed E-state index contributed by atoms with van der Waals surface area (Å²) < 4.78 is 3.99. The van der Waals surface area contributed by atoms with Crippen LogP contribution in [0.4, 0.5) is 0 Å². The number of carbonyl (C=O) groups excluding carboxylic acids is 2. The fourth-order valence-corrected chi connectivity index (χ4v) is 0.776. The van der Waals surface area contributed by atoms with Gasteiger partial charge in [0, 0.05) is 12.8 Å². The fourth-order valence-electron chi connectivity index (χ4n) is 0.532. The van der Waals surface area contributed by atoms with E-state index in [0.29, 0.717) is 0 Å². The van der Waals surface area contributed by atoms with Gasteiger partial charge in [-0.05, 0) is 6.42 Å². The number of halogens is 2. The first kappa shape index (κ1) is 16.2. The lowest BCUT2D eigenvalue weighted by Gasteiger charge is -1.91. The van der Waals surface area contributed by atoms with Crippen LogP contribution in [0.25, 0.3) is 0 Å². The number of esters is 2. The molecule has 0 aliphatic rings. The van der Waals surface area contributed by atoms with Crippen molar-refractivity contribution in [3.8, 4) is 0 Å². The van der Waals surface area contributed by atoms with E-state index in [2.05, 4.69) is 11.7 Å². The highest BCUT2D eigenvalue weighted by molar-refractivity contribution is 6.26. The van der Waals surface area contributed by atoms with Crippen LogP contribution in [0.5, 0.6) is 0 Å². The monoisotopic (exact) mass is 242 g/mol. The van der Waals surface area contributed by atoms with E-state index >= 15 is 0 Å². The third-order valence-corrected chi connectivity index (χ3v) is 1.59. The second kappa shape index (κ2) is 12.7. The summed E-state index contributed by atoms with van der Waals surface area (Å²) >= 11 is 10.3. The SMILES string of the molecule is CC(=O)OC(=O)CCl.CCCCCCl. The summed E-state index contributed by atoms with van der Waals surface area (Å²) in [6.45, 7) is 3.32. The van der Waals surface area contributed by atoms with E-state index in [4.69, 9.17) is 23.2 Å². The van der Waals surface area contributed by atoms with Gasteiger partial charge in [-0.2, -0.15) is 0 Å². The molecule has 0 rings (SSSR count). The molecule has 0 radical (unpaired) electrons. The van der Waals surface area contributed by atoms with Crippen molar-refractivity contribution in [2.75, 3.05) is 11.8 Å². The highest BCUT2D eigenvalue weighted by Gasteiger charge is 2.00. The molecule has 0 spiro atoms. The normalized spacial score (nSPS) is 8.57. The van der Waals surface area contributed by atoms with Crippen molar-refractivity contribution in [1.82, 2.24) is 0 Å². The Labute approximate surface area is 94.7 Å². The molecule has 0 heterocycles. The molecule has 0 N–H and O–H groups in total. The molecular formula is C9H16Cl2O3. The lowest BCUT2D eigenvalue weighted by Crippen LogP contribution is -2.09. The maximum Gasteiger partial charge on any atom is 0.328 e. The Morgan fingerprint density at radius 2 is 1.79 bits per heavy atom. The first-order valence-corrected chi connectivity index (χ1v) is 5.48.